The van der Waals surface area contributed by atoms with Crippen LogP contribution in [-0.2, 0) is 16.7 Å². The summed E-state index contributed by atoms with van der Waals surface area (Å²) in [6.07, 6.45) is 7.33. The Kier molecular flexibility index (Phi) is 5.11. The molecule has 0 amide bonds. The first-order valence-corrected chi connectivity index (χ1v) is 11.7. The third kappa shape index (κ3) is 3.30. The normalized spacial score (nSPS) is 34.7. The van der Waals surface area contributed by atoms with Gasteiger partial charge in [0, 0.05) is 0 Å². The molecule has 2 N–H and O–H groups in total. The maximum absolute atomic E-state index is 13.7. The van der Waals surface area contributed by atoms with Crippen LogP contribution in [0.3, 0.4) is 0 Å². The molecule has 7 heteroatoms. The van der Waals surface area contributed by atoms with Gasteiger partial charge in [-0.3, -0.25) is 4.39 Å². The van der Waals surface area contributed by atoms with E-state index >= 15 is 0 Å². The van der Waals surface area contributed by atoms with Crippen LogP contribution in [0.15, 0.2) is 12.1 Å². The minimum absolute atomic E-state index is 0.104. The van der Waals surface area contributed by atoms with Crippen molar-refractivity contribution in [2.24, 2.45) is 28.3 Å². The molecule has 156 valence electrons. The Bertz CT molecular complexity index is 858. The second-order valence-electron chi connectivity index (χ2n) is 9.02. The van der Waals surface area contributed by atoms with Crippen LogP contribution < -0.4 is 14.1 Å². The van der Waals surface area contributed by atoms with Gasteiger partial charge in [-0.15, -0.1) is 0 Å². The second-order valence-corrected chi connectivity index (χ2v) is 10.2. The van der Waals surface area contributed by atoms with Crippen LogP contribution in [-0.4, -0.2) is 22.2 Å². The largest absolute Gasteiger partial charge is 0.493 e. The molecule has 0 heterocycles. The monoisotopic (exact) mass is 411 g/mol. The van der Waals surface area contributed by atoms with Gasteiger partial charge in [-0.1, -0.05) is 13.3 Å². The second kappa shape index (κ2) is 7.17. The van der Waals surface area contributed by atoms with Gasteiger partial charge in [0.1, 0.15) is 0 Å². The van der Waals surface area contributed by atoms with Gasteiger partial charge in [0.15, 0.2) is 11.5 Å². The first-order valence-electron chi connectivity index (χ1n) is 10.3. The van der Waals surface area contributed by atoms with E-state index in [1.165, 1.54) is 19.1 Å². The molecule has 5 atom stereocenters. The highest BCUT2D eigenvalue weighted by atomic mass is 32.2. The molecule has 0 spiro atoms. The number of ether oxygens (including phenoxy) is 1. The lowest BCUT2D eigenvalue weighted by Gasteiger charge is -2.57. The molecular formula is C21H30FNO4S. The van der Waals surface area contributed by atoms with Crippen molar-refractivity contribution in [3.63, 3.8) is 0 Å². The molecule has 0 aliphatic heterocycles. The molecule has 2 saturated carbocycles. The molecule has 3 aliphatic rings. The van der Waals surface area contributed by atoms with E-state index in [9.17, 15) is 12.8 Å². The fraction of sp³-hybridized carbons (Fsp3) is 0.714. The highest BCUT2D eigenvalue weighted by Gasteiger charge is 2.52. The summed E-state index contributed by atoms with van der Waals surface area (Å²) in [6, 6.07) is 3.71. The van der Waals surface area contributed by atoms with Gasteiger partial charge in [-0.25, -0.2) is 0 Å². The standard InChI is InChI=1S/C21H30FNO4S/c1-21-9-8-15-16(18(21)5-3-4-14(21)12-22)7-6-13-10-20(27-28(23,24)25)19(26-2)11-17(13)15/h10-11,14-16,18H,3-9,12H2,1-2H3,(H2,23,24,25)/t14-,15?,16?,18?,21-/m1/s1. The third-order valence-electron chi connectivity index (χ3n) is 7.84. The fourth-order valence-electron chi connectivity index (χ4n) is 6.49. The Balaban J connectivity index is 1.69. The van der Waals surface area contributed by atoms with Crippen LogP contribution in [0, 0.1) is 23.2 Å². The van der Waals surface area contributed by atoms with Crippen molar-refractivity contribution in [1.82, 2.24) is 0 Å². The number of rotatable bonds is 4. The molecule has 3 aliphatic carbocycles. The van der Waals surface area contributed by atoms with Gasteiger partial charge < -0.3 is 8.92 Å². The van der Waals surface area contributed by atoms with Crippen LogP contribution in [0.4, 0.5) is 4.39 Å². The van der Waals surface area contributed by atoms with Crippen molar-refractivity contribution < 1.29 is 21.7 Å². The van der Waals surface area contributed by atoms with Gasteiger partial charge in [0.2, 0.25) is 0 Å². The van der Waals surface area contributed by atoms with E-state index in [2.05, 4.69) is 6.92 Å². The van der Waals surface area contributed by atoms with Gasteiger partial charge in [-0.05, 0) is 90.9 Å². The molecule has 5 nitrogen and oxygen atoms in total. The topological polar surface area (TPSA) is 78.6 Å². The summed E-state index contributed by atoms with van der Waals surface area (Å²) in [7, 11) is -2.61. The number of alkyl halides is 1. The zero-order valence-corrected chi connectivity index (χ0v) is 17.4. The van der Waals surface area contributed by atoms with E-state index in [0.29, 0.717) is 23.5 Å². The molecule has 3 unspecified atom stereocenters. The molecule has 1 aromatic rings. The Morgan fingerprint density at radius 3 is 2.68 bits per heavy atom. The molecule has 28 heavy (non-hydrogen) atoms. The number of hydrogen-bond acceptors (Lipinski definition) is 4. The lowest BCUT2D eigenvalue weighted by Crippen LogP contribution is -2.49. The molecule has 4 rings (SSSR count). The Morgan fingerprint density at radius 1 is 1.21 bits per heavy atom. The first kappa shape index (κ1) is 20.0. The van der Waals surface area contributed by atoms with Gasteiger partial charge in [-0.2, -0.15) is 13.6 Å². The minimum Gasteiger partial charge on any atom is -0.493 e. The predicted molar refractivity (Wildman–Crippen MR) is 105 cm³/mol. The number of fused-ring (bicyclic) bond motifs is 5. The number of nitrogens with two attached hydrogens (primary N) is 1. The number of methoxy groups -OCH3 is 1. The third-order valence-corrected chi connectivity index (χ3v) is 8.25. The minimum atomic E-state index is -4.11. The van der Waals surface area contributed by atoms with Crippen LogP contribution in [0.25, 0.3) is 0 Å². The van der Waals surface area contributed by atoms with Crippen molar-refractivity contribution in [3.8, 4) is 11.5 Å². The molecule has 0 radical (unpaired) electrons. The summed E-state index contributed by atoms with van der Waals surface area (Å²) in [5.74, 6) is 2.26. The molecule has 0 bridgehead atoms. The lowest BCUT2D eigenvalue weighted by atomic mass is 9.48. The summed E-state index contributed by atoms with van der Waals surface area (Å²) >= 11 is 0. The van der Waals surface area contributed by atoms with E-state index in [1.54, 1.807) is 6.07 Å². The average molecular weight is 412 g/mol. The Morgan fingerprint density at radius 2 is 2.00 bits per heavy atom. The van der Waals surface area contributed by atoms with E-state index in [4.69, 9.17) is 14.1 Å². The fourth-order valence-corrected chi connectivity index (χ4v) is 6.87. The van der Waals surface area contributed by atoms with Crippen LogP contribution in [0.5, 0.6) is 11.5 Å². The van der Waals surface area contributed by atoms with E-state index < -0.39 is 10.3 Å². The zero-order chi connectivity index (χ0) is 20.1. The summed E-state index contributed by atoms with van der Waals surface area (Å²) in [5, 5.41) is 5.05. The van der Waals surface area contributed by atoms with Crippen molar-refractivity contribution in [2.45, 2.75) is 57.8 Å². The van der Waals surface area contributed by atoms with Crippen molar-refractivity contribution in [2.75, 3.05) is 13.8 Å². The number of hydrogen-bond donors (Lipinski definition) is 1. The SMILES string of the molecule is COc1cc2c(cc1OS(N)(=O)=O)CCC1C2CC[C@@]2(C)C1CCC[C@@H]2CF. The van der Waals surface area contributed by atoms with Crippen molar-refractivity contribution >= 4 is 10.3 Å². The summed E-state index contributed by atoms with van der Waals surface area (Å²) in [6.45, 7) is 2.11. The smallest absolute Gasteiger partial charge is 0.380 e. The molecule has 0 saturated heterocycles. The number of halogens is 1. The van der Waals surface area contributed by atoms with E-state index in [1.807, 2.05) is 6.07 Å². The van der Waals surface area contributed by atoms with Crippen molar-refractivity contribution in [3.05, 3.63) is 23.3 Å². The van der Waals surface area contributed by atoms with Crippen LogP contribution in [0.2, 0.25) is 0 Å². The maximum Gasteiger partial charge on any atom is 0.380 e. The molecule has 0 aromatic heterocycles. The molecular weight excluding hydrogens is 381 g/mol. The van der Waals surface area contributed by atoms with Crippen LogP contribution >= 0.6 is 0 Å². The number of benzene rings is 1. The number of aryl methyl sites for hydroxylation is 1. The van der Waals surface area contributed by atoms with E-state index in [-0.39, 0.29) is 23.8 Å². The van der Waals surface area contributed by atoms with Crippen LogP contribution in [0.1, 0.15) is 62.5 Å². The van der Waals surface area contributed by atoms with Crippen molar-refractivity contribution in [1.29, 1.82) is 0 Å². The summed E-state index contributed by atoms with van der Waals surface area (Å²) < 4.78 is 46.9. The quantitative estimate of drug-likeness (QED) is 0.809. The maximum atomic E-state index is 13.7. The van der Waals surface area contributed by atoms with Gasteiger partial charge in [0.25, 0.3) is 0 Å². The lowest BCUT2D eigenvalue weighted by molar-refractivity contribution is -0.0571. The van der Waals surface area contributed by atoms with Gasteiger partial charge in [0.05, 0.1) is 13.8 Å². The predicted octanol–water partition coefficient (Wildman–Crippen LogP) is 4.11. The summed E-state index contributed by atoms with van der Waals surface area (Å²) in [5.41, 5.74) is 2.45. The van der Waals surface area contributed by atoms with Gasteiger partial charge >= 0.3 is 10.3 Å². The Hall–Kier alpha value is -1.34. The highest BCUT2D eigenvalue weighted by Crippen LogP contribution is 2.61. The first-order chi connectivity index (χ1) is 13.3. The zero-order valence-electron chi connectivity index (χ0n) is 16.6. The van der Waals surface area contributed by atoms with E-state index in [0.717, 1.165) is 44.1 Å². The average Bonchev–Trinajstić information content (AvgIpc) is 2.64. The Labute approximate surface area is 167 Å². The summed E-state index contributed by atoms with van der Waals surface area (Å²) in [4.78, 5) is 0. The molecule has 1 aromatic carbocycles. The molecule has 2 fully saturated rings. The highest BCUT2D eigenvalue weighted by molar-refractivity contribution is 7.84.